The van der Waals surface area contributed by atoms with Crippen LogP contribution in [0, 0.1) is 5.92 Å². The molecule has 0 bridgehead atoms. The molecule has 1 N–H and O–H groups in total. The highest BCUT2D eigenvalue weighted by atomic mass is 19.3. The molecule has 0 aromatic rings. The monoisotopic (exact) mass is 249 g/mol. The number of hydrogen-bond donors (Lipinski definition) is 1. The van der Waals surface area contributed by atoms with E-state index >= 15 is 0 Å². The topological polar surface area (TPSA) is 38.3 Å². The summed E-state index contributed by atoms with van der Waals surface area (Å²) in [6.45, 7) is 5.38. The normalized spacial score (nSPS) is 25.8. The van der Waals surface area contributed by atoms with Gasteiger partial charge in [-0.05, 0) is 46.5 Å². The van der Waals surface area contributed by atoms with Crippen molar-refractivity contribution in [3.8, 4) is 0 Å². The van der Waals surface area contributed by atoms with Crippen LogP contribution in [0.5, 0.6) is 0 Å². The highest BCUT2D eigenvalue weighted by molar-refractivity contribution is 5.68. The molecular formula is C12H21F2NO2. The molecule has 1 aliphatic carbocycles. The van der Waals surface area contributed by atoms with Crippen molar-refractivity contribution in [1.29, 1.82) is 0 Å². The van der Waals surface area contributed by atoms with Crippen molar-refractivity contribution in [3.63, 3.8) is 0 Å². The second-order valence-electron chi connectivity index (χ2n) is 5.59. The SMILES string of the molecule is CC(C)(C)OC(=O)NC1CCC(C(F)F)CC1. The van der Waals surface area contributed by atoms with E-state index in [0.717, 1.165) is 0 Å². The van der Waals surface area contributed by atoms with Crippen LogP contribution in [0.1, 0.15) is 46.5 Å². The zero-order chi connectivity index (χ0) is 13.1. The summed E-state index contributed by atoms with van der Waals surface area (Å²) in [6.07, 6.45) is -0.547. The Balaban J connectivity index is 2.29. The van der Waals surface area contributed by atoms with Crippen LogP contribution in [0.3, 0.4) is 0 Å². The quantitative estimate of drug-likeness (QED) is 0.815. The van der Waals surface area contributed by atoms with E-state index < -0.39 is 24.0 Å². The number of amides is 1. The van der Waals surface area contributed by atoms with E-state index in [4.69, 9.17) is 4.74 Å². The number of carbonyl (C=O) groups is 1. The zero-order valence-corrected chi connectivity index (χ0v) is 10.6. The lowest BCUT2D eigenvalue weighted by Gasteiger charge is -2.29. The highest BCUT2D eigenvalue weighted by Crippen LogP contribution is 2.29. The molecule has 1 amide bonds. The summed E-state index contributed by atoms with van der Waals surface area (Å²) in [4.78, 5) is 11.5. The second-order valence-corrected chi connectivity index (χ2v) is 5.59. The molecule has 1 rings (SSSR count). The van der Waals surface area contributed by atoms with E-state index in [9.17, 15) is 13.6 Å². The average molecular weight is 249 g/mol. The molecule has 0 aromatic carbocycles. The Morgan fingerprint density at radius 2 is 1.76 bits per heavy atom. The molecule has 100 valence electrons. The van der Waals surface area contributed by atoms with Crippen molar-refractivity contribution in [3.05, 3.63) is 0 Å². The van der Waals surface area contributed by atoms with Crippen LogP contribution in [0.15, 0.2) is 0 Å². The van der Waals surface area contributed by atoms with Crippen LogP contribution in [-0.2, 0) is 4.74 Å². The van der Waals surface area contributed by atoms with Gasteiger partial charge in [-0.15, -0.1) is 0 Å². The van der Waals surface area contributed by atoms with Gasteiger partial charge >= 0.3 is 6.09 Å². The molecule has 0 aromatic heterocycles. The molecule has 0 radical (unpaired) electrons. The molecule has 0 aliphatic heterocycles. The Morgan fingerprint density at radius 1 is 1.24 bits per heavy atom. The van der Waals surface area contributed by atoms with Gasteiger partial charge in [0, 0.05) is 12.0 Å². The maximum atomic E-state index is 12.4. The van der Waals surface area contributed by atoms with Crippen molar-refractivity contribution in [2.45, 2.75) is 64.5 Å². The lowest BCUT2D eigenvalue weighted by Crippen LogP contribution is -2.41. The molecule has 0 unspecified atom stereocenters. The fourth-order valence-electron chi connectivity index (χ4n) is 1.99. The van der Waals surface area contributed by atoms with Crippen LogP contribution in [0.2, 0.25) is 0 Å². The molecule has 5 heteroatoms. The van der Waals surface area contributed by atoms with Crippen LogP contribution in [0.4, 0.5) is 13.6 Å². The first-order chi connectivity index (χ1) is 7.78. The maximum Gasteiger partial charge on any atom is 0.407 e. The summed E-state index contributed by atoms with van der Waals surface area (Å²) in [5, 5.41) is 2.73. The number of carbonyl (C=O) groups excluding carboxylic acids is 1. The largest absolute Gasteiger partial charge is 0.444 e. The van der Waals surface area contributed by atoms with E-state index in [1.165, 1.54) is 0 Å². The number of hydrogen-bond acceptors (Lipinski definition) is 2. The number of rotatable bonds is 2. The van der Waals surface area contributed by atoms with Crippen molar-refractivity contribution < 1.29 is 18.3 Å². The number of alkyl carbamates (subject to hydrolysis) is 1. The summed E-state index contributed by atoms with van der Waals surface area (Å²) in [6, 6.07) is -0.0279. The average Bonchev–Trinajstić information content (AvgIpc) is 2.15. The van der Waals surface area contributed by atoms with Gasteiger partial charge in [-0.25, -0.2) is 13.6 Å². The number of alkyl halides is 2. The van der Waals surface area contributed by atoms with E-state index in [-0.39, 0.29) is 6.04 Å². The van der Waals surface area contributed by atoms with Gasteiger partial charge in [-0.1, -0.05) is 0 Å². The van der Waals surface area contributed by atoms with Crippen molar-refractivity contribution in [1.82, 2.24) is 5.32 Å². The first-order valence-corrected chi connectivity index (χ1v) is 6.05. The highest BCUT2D eigenvalue weighted by Gasteiger charge is 2.28. The van der Waals surface area contributed by atoms with Gasteiger partial charge in [0.25, 0.3) is 0 Å². The van der Waals surface area contributed by atoms with E-state index in [1.807, 2.05) is 0 Å². The molecule has 0 saturated heterocycles. The first-order valence-electron chi connectivity index (χ1n) is 6.05. The molecule has 1 saturated carbocycles. The van der Waals surface area contributed by atoms with E-state index in [2.05, 4.69) is 5.32 Å². The Morgan fingerprint density at radius 3 is 2.18 bits per heavy atom. The Bertz CT molecular complexity index is 256. The third kappa shape index (κ3) is 5.33. The minimum absolute atomic E-state index is 0.0279. The maximum absolute atomic E-state index is 12.4. The van der Waals surface area contributed by atoms with Crippen LogP contribution in [0.25, 0.3) is 0 Å². The van der Waals surface area contributed by atoms with Gasteiger partial charge < -0.3 is 10.1 Å². The van der Waals surface area contributed by atoms with Crippen LogP contribution >= 0.6 is 0 Å². The first kappa shape index (κ1) is 14.2. The van der Waals surface area contributed by atoms with Gasteiger partial charge in [0.2, 0.25) is 6.43 Å². The molecular weight excluding hydrogens is 228 g/mol. The van der Waals surface area contributed by atoms with E-state index in [0.29, 0.717) is 25.7 Å². The molecule has 1 fully saturated rings. The predicted molar refractivity (Wildman–Crippen MR) is 61.1 cm³/mol. The lowest BCUT2D eigenvalue weighted by molar-refractivity contribution is 0.0386. The number of halogens is 2. The minimum atomic E-state index is -2.24. The van der Waals surface area contributed by atoms with Crippen molar-refractivity contribution in [2.24, 2.45) is 5.92 Å². The predicted octanol–water partition coefficient (Wildman–Crippen LogP) is 3.34. The third-order valence-corrected chi connectivity index (χ3v) is 2.85. The summed E-state index contributed by atoms with van der Waals surface area (Å²) in [5.41, 5.74) is -0.524. The Hall–Kier alpha value is -0.870. The number of nitrogens with one attached hydrogen (secondary N) is 1. The van der Waals surface area contributed by atoms with Crippen LogP contribution in [-0.4, -0.2) is 24.2 Å². The molecule has 3 nitrogen and oxygen atoms in total. The van der Waals surface area contributed by atoms with Crippen LogP contribution < -0.4 is 5.32 Å². The zero-order valence-electron chi connectivity index (χ0n) is 10.6. The standard InChI is InChI=1S/C12H21F2NO2/c1-12(2,3)17-11(16)15-9-6-4-8(5-7-9)10(13)14/h8-10H,4-7H2,1-3H3,(H,15,16). The summed E-state index contributed by atoms with van der Waals surface area (Å²) >= 11 is 0. The molecule has 0 atom stereocenters. The third-order valence-electron chi connectivity index (χ3n) is 2.85. The molecule has 17 heavy (non-hydrogen) atoms. The molecule has 1 aliphatic rings. The Kier molecular flexibility index (Phi) is 4.71. The fourth-order valence-corrected chi connectivity index (χ4v) is 1.99. The fraction of sp³-hybridized carbons (Fsp3) is 0.917. The summed E-state index contributed by atoms with van der Waals surface area (Å²) < 4.78 is 30.0. The molecule has 0 heterocycles. The van der Waals surface area contributed by atoms with Gasteiger partial charge in [0.05, 0.1) is 0 Å². The van der Waals surface area contributed by atoms with Gasteiger partial charge in [-0.3, -0.25) is 0 Å². The van der Waals surface area contributed by atoms with Crippen molar-refractivity contribution in [2.75, 3.05) is 0 Å². The number of ether oxygens (including phenoxy) is 1. The smallest absolute Gasteiger partial charge is 0.407 e. The minimum Gasteiger partial charge on any atom is -0.444 e. The van der Waals surface area contributed by atoms with Gasteiger partial charge in [-0.2, -0.15) is 0 Å². The lowest BCUT2D eigenvalue weighted by atomic mass is 9.86. The summed E-state index contributed by atoms with van der Waals surface area (Å²) in [7, 11) is 0. The van der Waals surface area contributed by atoms with Gasteiger partial charge in [0.1, 0.15) is 5.60 Å². The summed E-state index contributed by atoms with van der Waals surface area (Å²) in [5.74, 6) is -0.508. The van der Waals surface area contributed by atoms with E-state index in [1.54, 1.807) is 20.8 Å². The van der Waals surface area contributed by atoms with Crippen molar-refractivity contribution >= 4 is 6.09 Å². The Labute approximate surface area is 101 Å². The second kappa shape index (κ2) is 5.65. The molecule has 0 spiro atoms. The van der Waals surface area contributed by atoms with Gasteiger partial charge in [0.15, 0.2) is 0 Å².